The predicted molar refractivity (Wildman–Crippen MR) is 80.3 cm³/mol. The van der Waals surface area contributed by atoms with Crippen molar-refractivity contribution >= 4 is 15.9 Å². The summed E-state index contributed by atoms with van der Waals surface area (Å²) in [4.78, 5) is 11.4. The van der Waals surface area contributed by atoms with E-state index in [1.54, 1.807) is 18.2 Å². The second-order valence-electron chi connectivity index (χ2n) is 5.15. The van der Waals surface area contributed by atoms with Crippen LogP contribution in [0.25, 0.3) is 0 Å². The summed E-state index contributed by atoms with van der Waals surface area (Å²) in [6, 6.07) is 6.63. The molecule has 1 aromatic carbocycles. The fourth-order valence-electron chi connectivity index (χ4n) is 2.48. The van der Waals surface area contributed by atoms with Crippen LogP contribution in [-0.2, 0) is 14.8 Å². The Hall–Kier alpha value is -1.44. The largest absolute Gasteiger partial charge is 0.354 e. The third-order valence-electron chi connectivity index (χ3n) is 3.63. The highest BCUT2D eigenvalue weighted by atomic mass is 32.2. The molecule has 1 amide bonds. The molecule has 1 aliphatic rings. The zero-order valence-corrected chi connectivity index (χ0v) is 13.0. The Balaban J connectivity index is 2.20. The van der Waals surface area contributed by atoms with Gasteiger partial charge in [0.2, 0.25) is 15.9 Å². The first kappa shape index (κ1) is 15.9. The molecule has 2 unspecified atom stereocenters. The van der Waals surface area contributed by atoms with E-state index in [2.05, 4.69) is 15.4 Å². The number of hydrogen-bond donors (Lipinski definition) is 3. The molecule has 2 rings (SSSR count). The predicted octanol–water partition coefficient (Wildman–Crippen LogP) is 0.524. The Labute approximate surface area is 125 Å². The third kappa shape index (κ3) is 3.81. The number of carbonyl (C=O) groups excluding carboxylic acids is 1. The second kappa shape index (κ2) is 6.55. The van der Waals surface area contributed by atoms with E-state index < -0.39 is 10.0 Å². The molecule has 6 nitrogen and oxygen atoms in total. The molecule has 1 saturated heterocycles. The highest BCUT2D eigenvalue weighted by Gasteiger charge is 2.27. The van der Waals surface area contributed by atoms with E-state index in [1.807, 2.05) is 20.0 Å². The maximum absolute atomic E-state index is 12.4. The van der Waals surface area contributed by atoms with Crippen LogP contribution in [0.3, 0.4) is 0 Å². The summed E-state index contributed by atoms with van der Waals surface area (Å²) in [5, 5.41) is 5.77. The van der Waals surface area contributed by atoms with Crippen molar-refractivity contribution in [3.63, 3.8) is 0 Å². The van der Waals surface area contributed by atoms with Crippen molar-refractivity contribution in [2.24, 2.45) is 0 Å². The summed E-state index contributed by atoms with van der Waals surface area (Å²) >= 11 is 0. The van der Waals surface area contributed by atoms with Crippen molar-refractivity contribution in [3.05, 3.63) is 29.8 Å². The van der Waals surface area contributed by atoms with Crippen molar-refractivity contribution in [2.75, 3.05) is 13.6 Å². The summed E-state index contributed by atoms with van der Waals surface area (Å²) in [5.74, 6) is -0.127. The zero-order valence-electron chi connectivity index (χ0n) is 12.2. The van der Waals surface area contributed by atoms with Gasteiger partial charge in [-0.25, -0.2) is 13.1 Å². The standard InChI is InChI=1S/C14H21N3O3S/c1-3-13(15-2)10-5-4-6-12(7-10)21(19,20)17-11-8-14(18)16-9-11/h4-7,11,13,15,17H,3,8-9H2,1-2H3,(H,16,18). The number of sulfonamides is 1. The average molecular weight is 311 g/mol. The Morgan fingerprint density at radius 3 is 2.76 bits per heavy atom. The maximum Gasteiger partial charge on any atom is 0.240 e. The van der Waals surface area contributed by atoms with Crippen LogP contribution < -0.4 is 15.4 Å². The van der Waals surface area contributed by atoms with E-state index in [0.29, 0.717) is 6.54 Å². The monoisotopic (exact) mass is 311 g/mol. The Morgan fingerprint density at radius 1 is 1.43 bits per heavy atom. The minimum absolute atomic E-state index is 0.120. The van der Waals surface area contributed by atoms with Gasteiger partial charge in [0.05, 0.1) is 4.90 Å². The lowest BCUT2D eigenvalue weighted by molar-refractivity contribution is -0.119. The van der Waals surface area contributed by atoms with Crippen LogP contribution in [0.5, 0.6) is 0 Å². The van der Waals surface area contributed by atoms with Crippen LogP contribution in [0.1, 0.15) is 31.4 Å². The Morgan fingerprint density at radius 2 is 2.19 bits per heavy atom. The summed E-state index contributed by atoms with van der Waals surface area (Å²) in [6.07, 6.45) is 1.06. The number of nitrogens with one attached hydrogen (secondary N) is 3. The number of carbonyl (C=O) groups is 1. The summed E-state index contributed by atoms with van der Waals surface area (Å²) in [6.45, 7) is 2.38. The van der Waals surface area contributed by atoms with Crippen LogP contribution in [0.15, 0.2) is 29.2 Å². The first-order chi connectivity index (χ1) is 9.96. The molecule has 116 valence electrons. The molecule has 1 aliphatic heterocycles. The van der Waals surface area contributed by atoms with Crippen molar-refractivity contribution < 1.29 is 13.2 Å². The van der Waals surface area contributed by atoms with Crippen LogP contribution in [0, 0.1) is 0 Å². The molecule has 1 heterocycles. The van der Waals surface area contributed by atoms with Gasteiger partial charge < -0.3 is 10.6 Å². The fourth-order valence-corrected chi connectivity index (χ4v) is 3.77. The lowest BCUT2D eigenvalue weighted by Crippen LogP contribution is -2.36. The van der Waals surface area contributed by atoms with E-state index in [4.69, 9.17) is 0 Å². The lowest BCUT2D eigenvalue weighted by Gasteiger charge is -2.16. The highest BCUT2D eigenvalue weighted by Crippen LogP contribution is 2.20. The molecule has 1 fully saturated rings. The Kier molecular flexibility index (Phi) is 4.97. The van der Waals surface area contributed by atoms with Gasteiger partial charge in [-0.05, 0) is 31.2 Å². The molecule has 3 N–H and O–H groups in total. The number of benzene rings is 1. The maximum atomic E-state index is 12.4. The molecule has 1 aromatic rings. The minimum Gasteiger partial charge on any atom is -0.354 e. The van der Waals surface area contributed by atoms with Gasteiger partial charge in [-0.3, -0.25) is 4.79 Å². The van der Waals surface area contributed by atoms with Crippen molar-refractivity contribution in [2.45, 2.75) is 36.7 Å². The minimum atomic E-state index is -3.61. The van der Waals surface area contributed by atoms with E-state index in [1.165, 1.54) is 0 Å². The molecule has 7 heteroatoms. The Bertz CT molecular complexity index is 612. The van der Waals surface area contributed by atoms with Crippen LogP contribution in [0.2, 0.25) is 0 Å². The summed E-state index contributed by atoms with van der Waals surface area (Å²) < 4.78 is 27.3. The van der Waals surface area contributed by atoms with Gasteiger partial charge in [0.1, 0.15) is 0 Å². The van der Waals surface area contributed by atoms with Crippen LogP contribution in [0.4, 0.5) is 0 Å². The van der Waals surface area contributed by atoms with E-state index in [9.17, 15) is 13.2 Å². The van der Waals surface area contributed by atoms with Crippen LogP contribution in [-0.4, -0.2) is 34.0 Å². The van der Waals surface area contributed by atoms with Crippen molar-refractivity contribution in [3.8, 4) is 0 Å². The highest BCUT2D eigenvalue weighted by molar-refractivity contribution is 7.89. The SMILES string of the molecule is CCC(NC)c1cccc(S(=O)(=O)NC2CNC(=O)C2)c1. The molecule has 0 spiro atoms. The zero-order chi connectivity index (χ0) is 15.5. The lowest BCUT2D eigenvalue weighted by atomic mass is 10.1. The van der Waals surface area contributed by atoms with Gasteiger partial charge in [0.15, 0.2) is 0 Å². The molecular weight excluding hydrogens is 290 g/mol. The van der Waals surface area contributed by atoms with E-state index in [-0.39, 0.29) is 29.3 Å². The van der Waals surface area contributed by atoms with Gasteiger partial charge in [-0.1, -0.05) is 19.1 Å². The molecular formula is C14H21N3O3S. The number of rotatable bonds is 6. The van der Waals surface area contributed by atoms with Crippen molar-refractivity contribution in [1.29, 1.82) is 0 Å². The second-order valence-corrected chi connectivity index (χ2v) is 6.86. The van der Waals surface area contributed by atoms with E-state index in [0.717, 1.165) is 12.0 Å². The fraction of sp³-hybridized carbons (Fsp3) is 0.500. The van der Waals surface area contributed by atoms with Gasteiger partial charge >= 0.3 is 0 Å². The average Bonchev–Trinajstić information content (AvgIpc) is 2.85. The number of amides is 1. The normalized spacial score (nSPS) is 20.3. The van der Waals surface area contributed by atoms with Gasteiger partial charge in [-0.15, -0.1) is 0 Å². The molecule has 0 saturated carbocycles. The first-order valence-corrected chi connectivity index (χ1v) is 8.51. The summed E-state index contributed by atoms with van der Waals surface area (Å²) in [5.41, 5.74) is 0.934. The molecule has 0 aliphatic carbocycles. The summed E-state index contributed by atoms with van der Waals surface area (Å²) in [7, 11) is -1.76. The topological polar surface area (TPSA) is 87.3 Å². The van der Waals surface area contributed by atoms with Crippen molar-refractivity contribution in [1.82, 2.24) is 15.4 Å². The molecule has 21 heavy (non-hydrogen) atoms. The first-order valence-electron chi connectivity index (χ1n) is 7.02. The van der Waals surface area contributed by atoms with Gasteiger partial charge in [-0.2, -0.15) is 0 Å². The third-order valence-corrected chi connectivity index (χ3v) is 5.14. The molecule has 2 atom stereocenters. The number of hydrogen-bond acceptors (Lipinski definition) is 4. The van der Waals surface area contributed by atoms with Crippen LogP contribution >= 0.6 is 0 Å². The smallest absolute Gasteiger partial charge is 0.240 e. The molecule has 0 aromatic heterocycles. The molecule has 0 radical (unpaired) electrons. The molecule has 0 bridgehead atoms. The van der Waals surface area contributed by atoms with E-state index >= 15 is 0 Å². The van der Waals surface area contributed by atoms with Gasteiger partial charge in [0.25, 0.3) is 0 Å². The van der Waals surface area contributed by atoms with Gasteiger partial charge in [0, 0.05) is 25.0 Å². The quantitative estimate of drug-likeness (QED) is 0.715.